The molecule has 0 radical (unpaired) electrons. The molecule has 0 spiro atoms. The zero-order valence-electron chi connectivity index (χ0n) is 15.5. The molecule has 2 aromatic heterocycles. The number of ether oxygens (including phenoxy) is 1. The summed E-state index contributed by atoms with van der Waals surface area (Å²) >= 11 is 1.66. The fourth-order valence-corrected chi connectivity index (χ4v) is 4.03. The number of amides is 2. The molecular weight excluding hydrogens is 364 g/mol. The fourth-order valence-electron chi connectivity index (χ4n) is 2.97. The average molecular weight is 386 g/mol. The maximum Gasteiger partial charge on any atom is 0.322 e. The van der Waals surface area contributed by atoms with Crippen molar-refractivity contribution in [2.75, 3.05) is 25.1 Å². The second-order valence-electron chi connectivity index (χ2n) is 7.54. The van der Waals surface area contributed by atoms with Crippen LogP contribution in [-0.2, 0) is 10.2 Å². The number of nitrogens with one attached hydrogen (secondary N) is 2. The lowest BCUT2D eigenvalue weighted by atomic mass is 9.98. The number of benzene rings is 1. The largest absolute Gasteiger partial charge is 0.377 e. The van der Waals surface area contributed by atoms with E-state index in [0.717, 1.165) is 20.9 Å². The number of aromatic amines is 1. The molecule has 0 aliphatic carbocycles. The second kappa shape index (κ2) is 6.90. The molecule has 9 heteroatoms. The summed E-state index contributed by atoms with van der Waals surface area (Å²) in [7, 11) is 0. The molecule has 3 aromatic rings. The zero-order chi connectivity index (χ0) is 19.0. The van der Waals surface area contributed by atoms with Crippen LogP contribution in [0.4, 0.5) is 10.5 Å². The van der Waals surface area contributed by atoms with E-state index in [1.807, 2.05) is 18.2 Å². The molecule has 27 heavy (non-hydrogen) atoms. The fraction of sp³-hybridized carbons (Fsp3) is 0.444. The quantitative estimate of drug-likeness (QED) is 0.704. The Balaban J connectivity index is 1.54. The van der Waals surface area contributed by atoms with Gasteiger partial charge in [-0.1, -0.05) is 20.8 Å². The summed E-state index contributed by atoms with van der Waals surface area (Å²) in [5.41, 5.74) is 1.71. The third-order valence-electron chi connectivity index (χ3n) is 4.42. The van der Waals surface area contributed by atoms with Crippen LogP contribution in [0.3, 0.4) is 0 Å². The van der Waals surface area contributed by atoms with Crippen LogP contribution in [0.25, 0.3) is 10.2 Å². The predicted octanol–water partition coefficient (Wildman–Crippen LogP) is 3.32. The van der Waals surface area contributed by atoms with E-state index in [-0.39, 0.29) is 17.5 Å². The van der Waals surface area contributed by atoms with E-state index in [1.54, 1.807) is 16.2 Å². The van der Waals surface area contributed by atoms with Crippen molar-refractivity contribution >= 4 is 33.3 Å². The van der Waals surface area contributed by atoms with Crippen LogP contribution in [-0.4, -0.2) is 50.9 Å². The predicted molar refractivity (Wildman–Crippen MR) is 104 cm³/mol. The molecule has 142 valence electrons. The minimum atomic E-state index is -0.277. The first-order chi connectivity index (χ1) is 12.9. The van der Waals surface area contributed by atoms with E-state index in [4.69, 9.17) is 9.72 Å². The van der Waals surface area contributed by atoms with Gasteiger partial charge in [0.05, 0.1) is 28.4 Å². The normalized spacial score (nSPS) is 18.0. The number of carbonyl (C=O) groups is 1. The van der Waals surface area contributed by atoms with Gasteiger partial charge in [-0.15, -0.1) is 11.3 Å². The van der Waals surface area contributed by atoms with Crippen LogP contribution in [0.1, 0.15) is 37.6 Å². The summed E-state index contributed by atoms with van der Waals surface area (Å²) in [4.78, 5) is 23.5. The molecule has 0 saturated carbocycles. The Labute approximate surface area is 161 Å². The number of anilines is 1. The molecular formula is C18H22N6O2S. The molecule has 1 unspecified atom stereocenters. The lowest BCUT2D eigenvalue weighted by Crippen LogP contribution is -2.45. The summed E-state index contributed by atoms with van der Waals surface area (Å²) in [5.74, 6) is 0.623. The molecule has 1 atom stereocenters. The van der Waals surface area contributed by atoms with Crippen LogP contribution >= 0.6 is 11.3 Å². The van der Waals surface area contributed by atoms with Gasteiger partial charge in [-0.2, -0.15) is 5.10 Å². The van der Waals surface area contributed by atoms with Gasteiger partial charge in [0.2, 0.25) is 0 Å². The standard InChI is InChI=1S/C18H22N6O2S/c1-18(2,3)16-22-12-5-4-11(8-14(12)27-16)21-17(25)24-6-7-26-9-13(24)15-19-10-20-23-15/h4-5,8,10,13H,6-7,9H2,1-3H3,(H,21,25)(H,19,20,23). The average Bonchev–Trinajstić information content (AvgIpc) is 3.30. The first kappa shape index (κ1) is 17.9. The summed E-state index contributed by atoms with van der Waals surface area (Å²) < 4.78 is 6.57. The highest BCUT2D eigenvalue weighted by Crippen LogP contribution is 2.32. The highest BCUT2D eigenvalue weighted by atomic mass is 32.1. The Morgan fingerprint density at radius 3 is 3.00 bits per heavy atom. The Kier molecular flexibility index (Phi) is 4.56. The molecule has 0 bridgehead atoms. The first-order valence-corrected chi connectivity index (χ1v) is 9.65. The topological polar surface area (TPSA) is 96.0 Å². The Morgan fingerprint density at radius 2 is 2.26 bits per heavy atom. The number of carbonyl (C=O) groups excluding carboxylic acids is 1. The summed E-state index contributed by atoms with van der Waals surface area (Å²) in [6.07, 6.45) is 1.44. The minimum absolute atomic E-state index is 0.00516. The minimum Gasteiger partial charge on any atom is -0.377 e. The third kappa shape index (κ3) is 3.65. The van der Waals surface area contributed by atoms with Crippen LogP contribution in [0.15, 0.2) is 24.5 Å². The van der Waals surface area contributed by atoms with Crippen molar-refractivity contribution in [2.45, 2.75) is 32.2 Å². The van der Waals surface area contributed by atoms with Crippen molar-refractivity contribution in [3.05, 3.63) is 35.4 Å². The van der Waals surface area contributed by atoms with Crippen molar-refractivity contribution in [1.82, 2.24) is 25.1 Å². The van der Waals surface area contributed by atoms with Crippen molar-refractivity contribution in [2.24, 2.45) is 0 Å². The van der Waals surface area contributed by atoms with Gasteiger partial charge in [0.15, 0.2) is 0 Å². The summed E-state index contributed by atoms with van der Waals surface area (Å²) in [6, 6.07) is 5.35. The molecule has 2 amide bonds. The smallest absolute Gasteiger partial charge is 0.322 e. The van der Waals surface area contributed by atoms with Gasteiger partial charge in [0, 0.05) is 17.6 Å². The SMILES string of the molecule is CC(C)(C)c1nc2ccc(NC(=O)N3CCOCC3c3ncn[nH]3)cc2s1. The van der Waals surface area contributed by atoms with Gasteiger partial charge in [0.1, 0.15) is 18.2 Å². The lowest BCUT2D eigenvalue weighted by molar-refractivity contribution is 0.0118. The van der Waals surface area contributed by atoms with Crippen molar-refractivity contribution < 1.29 is 9.53 Å². The molecule has 1 saturated heterocycles. The van der Waals surface area contributed by atoms with Gasteiger partial charge in [-0.3, -0.25) is 5.10 Å². The maximum atomic E-state index is 12.9. The molecule has 4 rings (SSSR count). The monoisotopic (exact) mass is 386 g/mol. The zero-order valence-corrected chi connectivity index (χ0v) is 16.3. The number of nitrogens with zero attached hydrogens (tertiary/aromatic N) is 4. The van der Waals surface area contributed by atoms with Gasteiger partial charge in [-0.05, 0) is 18.2 Å². The van der Waals surface area contributed by atoms with Crippen molar-refractivity contribution in [1.29, 1.82) is 0 Å². The van der Waals surface area contributed by atoms with Crippen LogP contribution in [0, 0.1) is 0 Å². The van der Waals surface area contributed by atoms with Crippen LogP contribution in [0.5, 0.6) is 0 Å². The van der Waals surface area contributed by atoms with Gasteiger partial charge >= 0.3 is 6.03 Å². The first-order valence-electron chi connectivity index (χ1n) is 8.83. The molecule has 1 aliphatic heterocycles. The number of hydrogen-bond acceptors (Lipinski definition) is 6. The number of thiazole rings is 1. The molecule has 1 fully saturated rings. The molecule has 1 aliphatic rings. The highest BCUT2D eigenvalue weighted by molar-refractivity contribution is 7.18. The third-order valence-corrected chi connectivity index (χ3v) is 5.86. The number of rotatable bonds is 2. The number of aromatic nitrogens is 4. The van der Waals surface area contributed by atoms with Crippen molar-refractivity contribution in [3.8, 4) is 0 Å². The lowest BCUT2D eigenvalue weighted by Gasteiger charge is -2.34. The van der Waals surface area contributed by atoms with Crippen LogP contribution in [0.2, 0.25) is 0 Å². The van der Waals surface area contributed by atoms with Crippen molar-refractivity contribution in [3.63, 3.8) is 0 Å². The van der Waals surface area contributed by atoms with Gasteiger partial charge < -0.3 is 15.0 Å². The summed E-state index contributed by atoms with van der Waals surface area (Å²) in [6.45, 7) is 7.83. The highest BCUT2D eigenvalue weighted by Gasteiger charge is 2.30. The number of fused-ring (bicyclic) bond motifs is 1. The van der Waals surface area contributed by atoms with E-state index in [1.165, 1.54) is 6.33 Å². The molecule has 1 aromatic carbocycles. The molecule has 3 heterocycles. The van der Waals surface area contributed by atoms with E-state index >= 15 is 0 Å². The number of urea groups is 1. The Morgan fingerprint density at radius 1 is 1.41 bits per heavy atom. The van der Waals surface area contributed by atoms with E-state index in [9.17, 15) is 4.79 Å². The number of H-pyrrole nitrogens is 1. The summed E-state index contributed by atoms with van der Waals surface area (Å²) in [5, 5.41) is 10.8. The van der Waals surface area contributed by atoms with Crippen LogP contribution < -0.4 is 5.32 Å². The van der Waals surface area contributed by atoms with E-state index in [2.05, 4.69) is 41.3 Å². The van der Waals surface area contributed by atoms with Gasteiger partial charge in [-0.25, -0.2) is 14.8 Å². The Bertz CT molecular complexity index is 947. The molecule has 8 nitrogen and oxygen atoms in total. The number of hydrogen-bond donors (Lipinski definition) is 2. The Hall–Kier alpha value is -2.52. The van der Waals surface area contributed by atoms with Gasteiger partial charge in [0.25, 0.3) is 0 Å². The molecule has 2 N–H and O–H groups in total. The van der Waals surface area contributed by atoms with E-state index in [0.29, 0.717) is 25.6 Å². The second-order valence-corrected chi connectivity index (χ2v) is 8.57. The number of morpholine rings is 1. The maximum absolute atomic E-state index is 12.9. The van der Waals surface area contributed by atoms with E-state index < -0.39 is 0 Å².